The zero-order valence-electron chi connectivity index (χ0n) is 17.9. The maximum atomic E-state index is 12.8. The van der Waals surface area contributed by atoms with Crippen molar-refractivity contribution in [2.45, 2.75) is 70.5 Å². The van der Waals surface area contributed by atoms with Gasteiger partial charge in [-0.1, -0.05) is 6.92 Å². The van der Waals surface area contributed by atoms with E-state index in [-0.39, 0.29) is 40.9 Å². The van der Waals surface area contributed by atoms with Gasteiger partial charge in [0.15, 0.2) is 0 Å². The first-order valence-electron chi connectivity index (χ1n) is 11.7. The lowest BCUT2D eigenvalue weighted by Gasteiger charge is -2.51. The molecular weight excluding hydrogens is 370 g/mol. The Labute approximate surface area is 173 Å². The summed E-state index contributed by atoms with van der Waals surface area (Å²) in [5.41, 5.74) is 0.356. The van der Waals surface area contributed by atoms with Gasteiger partial charge in [0.05, 0.1) is 30.7 Å². The van der Waals surface area contributed by atoms with Crippen LogP contribution in [0.1, 0.15) is 58.8 Å². The highest BCUT2D eigenvalue weighted by molar-refractivity contribution is 5.76. The average Bonchev–Trinajstić information content (AvgIpc) is 3.40. The molecule has 3 saturated heterocycles. The lowest BCUT2D eigenvalue weighted by atomic mass is 9.53. The molecule has 6 nitrogen and oxygen atoms in total. The van der Waals surface area contributed by atoms with E-state index in [1.54, 1.807) is 0 Å². The average molecular weight is 406 g/mol. The highest BCUT2D eigenvalue weighted by atomic mass is 16.6. The third-order valence-electron chi connectivity index (χ3n) is 8.74. The predicted octanol–water partition coefficient (Wildman–Crippen LogP) is 2.79. The molecule has 0 aromatic heterocycles. The highest BCUT2D eigenvalue weighted by Gasteiger charge is 2.65. The molecule has 0 aromatic carbocycles. The van der Waals surface area contributed by atoms with Gasteiger partial charge < -0.3 is 19.1 Å². The number of rotatable bonds is 4. The number of hydrogen-bond donors (Lipinski definition) is 0. The van der Waals surface area contributed by atoms with Crippen LogP contribution in [-0.4, -0.2) is 61.4 Å². The Morgan fingerprint density at radius 1 is 1.28 bits per heavy atom. The van der Waals surface area contributed by atoms with E-state index in [0.29, 0.717) is 18.4 Å². The molecular formula is C23H35NO5. The third-order valence-corrected chi connectivity index (χ3v) is 8.74. The van der Waals surface area contributed by atoms with E-state index in [9.17, 15) is 9.59 Å². The van der Waals surface area contributed by atoms with Gasteiger partial charge >= 0.3 is 11.9 Å². The number of hydrogen-bond acceptors (Lipinski definition) is 6. The fourth-order valence-electron chi connectivity index (χ4n) is 7.06. The van der Waals surface area contributed by atoms with Crippen LogP contribution < -0.4 is 0 Å². The number of fused-ring (bicyclic) bond motifs is 3. The molecule has 5 fully saturated rings. The molecule has 0 unspecified atom stereocenters. The van der Waals surface area contributed by atoms with E-state index in [1.807, 2.05) is 6.92 Å². The topological polar surface area (TPSA) is 68.4 Å². The molecule has 3 heterocycles. The maximum absolute atomic E-state index is 12.8. The normalized spacial score (nSPS) is 44.8. The number of carbonyl (C=O) groups is 2. The Bertz CT molecular complexity index is 668. The van der Waals surface area contributed by atoms with E-state index in [1.165, 1.54) is 19.3 Å². The van der Waals surface area contributed by atoms with Crippen LogP contribution in [0, 0.1) is 29.1 Å². The summed E-state index contributed by atoms with van der Waals surface area (Å²) in [7, 11) is 0. The molecule has 5 rings (SSSR count). The minimum atomic E-state index is -0.0638. The molecule has 1 spiro atoms. The number of piperidine rings is 1. The Morgan fingerprint density at radius 3 is 2.72 bits per heavy atom. The number of carbonyl (C=O) groups excluding carboxylic acids is 2. The van der Waals surface area contributed by atoms with E-state index >= 15 is 0 Å². The van der Waals surface area contributed by atoms with E-state index in [2.05, 4.69) is 11.8 Å². The van der Waals surface area contributed by atoms with Crippen LogP contribution in [-0.2, 0) is 23.8 Å². The summed E-state index contributed by atoms with van der Waals surface area (Å²) in [6.07, 6.45) is 7.45. The zero-order valence-corrected chi connectivity index (χ0v) is 17.9. The minimum Gasteiger partial charge on any atom is -0.466 e. The van der Waals surface area contributed by atoms with Crippen LogP contribution in [0.5, 0.6) is 0 Å². The Kier molecular flexibility index (Phi) is 4.93. The van der Waals surface area contributed by atoms with Crippen LogP contribution in [0.25, 0.3) is 0 Å². The molecule has 162 valence electrons. The largest absolute Gasteiger partial charge is 0.466 e. The van der Waals surface area contributed by atoms with E-state index < -0.39 is 0 Å². The fraction of sp³-hybridized carbons (Fsp3) is 0.913. The van der Waals surface area contributed by atoms with Gasteiger partial charge in [0.1, 0.15) is 6.10 Å². The number of likely N-dealkylation sites (tertiary alicyclic amines) is 1. The molecule has 0 N–H and O–H groups in total. The summed E-state index contributed by atoms with van der Waals surface area (Å²) in [6.45, 7) is 8.10. The highest BCUT2D eigenvalue weighted by Crippen LogP contribution is 2.62. The second kappa shape index (κ2) is 7.23. The van der Waals surface area contributed by atoms with Gasteiger partial charge in [-0.2, -0.15) is 0 Å². The summed E-state index contributed by atoms with van der Waals surface area (Å²) < 4.78 is 17.1. The summed E-state index contributed by atoms with van der Waals surface area (Å²) in [5, 5.41) is 0. The summed E-state index contributed by atoms with van der Waals surface area (Å²) >= 11 is 0. The van der Waals surface area contributed by atoms with E-state index in [0.717, 1.165) is 51.9 Å². The van der Waals surface area contributed by atoms with Crippen molar-refractivity contribution in [3.05, 3.63) is 0 Å². The third kappa shape index (κ3) is 3.40. The van der Waals surface area contributed by atoms with Crippen molar-refractivity contribution in [3.8, 4) is 0 Å². The van der Waals surface area contributed by atoms with Crippen LogP contribution in [0.15, 0.2) is 0 Å². The zero-order chi connectivity index (χ0) is 20.2. The van der Waals surface area contributed by atoms with Crippen molar-refractivity contribution >= 4 is 11.9 Å². The van der Waals surface area contributed by atoms with Crippen LogP contribution in [0.2, 0.25) is 0 Å². The predicted molar refractivity (Wildman–Crippen MR) is 106 cm³/mol. The van der Waals surface area contributed by atoms with Gasteiger partial charge in [-0.05, 0) is 76.3 Å². The fourth-order valence-corrected chi connectivity index (χ4v) is 7.06. The van der Waals surface area contributed by atoms with Crippen molar-refractivity contribution in [2.24, 2.45) is 29.1 Å². The summed E-state index contributed by atoms with van der Waals surface area (Å²) in [5.74, 6) is 0.811. The second-order valence-electron chi connectivity index (χ2n) is 10.4. The number of esters is 2. The summed E-state index contributed by atoms with van der Waals surface area (Å²) in [6, 6.07) is 0. The van der Waals surface area contributed by atoms with Crippen molar-refractivity contribution in [1.82, 2.24) is 4.90 Å². The molecule has 6 heteroatoms. The molecule has 2 saturated carbocycles. The van der Waals surface area contributed by atoms with Crippen molar-refractivity contribution in [2.75, 3.05) is 32.8 Å². The standard InChI is InChI=1S/C23H35NO5/c1-3-27-20(25)15-5-9-24(10-6-15)13-17-16-11-19-22(2,12-18(16)29-21(17)26)7-4-8-23(19)14-28-23/h15-19H,3-14H2,1-2H3/t16-,17-,18-,19-,22-,23-/m1/s1. The molecule has 3 aliphatic heterocycles. The van der Waals surface area contributed by atoms with Gasteiger partial charge in [-0.25, -0.2) is 0 Å². The number of epoxide rings is 1. The van der Waals surface area contributed by atoms with Gasteiger partial charge in [-0.3, -0.25) is 9.59 Å². The monoisotopic (exact) mass is 405 g/mol. The molecule has 6 atom stereocenters. The SMILES string of the molecule is CCOC(=O)C1CCN(C[C@H]2C(=O)O[C@@H]3C[C@@]4(C)CCC[C@@]5(CO5)[C@@H]4C[C@@H]32)CC1. The van der Waals surface area contributed by atoms with Crippen molar-refractivity contribution in [3.63, 3.8) is 0 Å². The lowest BCUT2D eigenvalue weighted by molar-refractivity contribution is -0.150. The Hall–Kier alpha value is -1.14. The quantitative estimate of drug-likeness (QED) is 0.529. The molecule has 0 radical (unpaired) electrons. The van der Waals surface area contributed by atoms with E-state index in [4.69, 9.17) is 14.2 Å². The van der Waals surface area contributed by atoms with Gasteiger partial charge in [0.2, 0.25) is 0 Å². The first-order valence-corrected chi connectivity index (χ1v) is 11.7. The Balaban J connectivity index is 1.23. The van der Waals surface area contributed by atoms with Crippen LogP contribution in [0.4, 0.5) is 0 Å². The molecule has 29 heavy (non-hydrogen) atoms. The smallest absolute Gasteiger partial charge is 0.310 e. The Morgan fingerprint density at radius 2 is 2.03 bits per heavy atom. The van der Waals surface area contributed by atoms with Gasteiger partial charge in [0.25, 0.3) is 0 Å². The second-order valence-corrected chi connectivity index (χ2v) is 10.4. The van der Waals surface area contributed by atoms with Crippen molar-refractivity contribution < 1.29 is 23.8 Å². The van der Waals surface area contributed by atoms with Crippen LogP contribution in [0.3, 0.4) is 0 Å². The molecule has 5 aliphatic rings. The van der Waals surface area contributed by atoms with Gasteiger partial charge in [-0.15, -0.1) is 0 Å². The van der Waals surface area contributed by atoms with Crippen LogP contribution >= 0.6 is 0 Å². The molecule has 0 amide bonds. The molecule has 2 aliphatic carbocycles. The molecule has 0 aromatic rings. The first-order chi connectivity index (χ1) is 13.9. The summed E-state index contributed by atoms with van der Waals surface area (Å²) in [4.78, 5) is 27.2. The van der Waals surface area contributed by atoms with Crippen molar-refractivity contribution in [1.29, 1.82) is 0 Å². The first kappa shape index (κ1) is 19.8. The van der Waals surface area contributed by atoms with Gasteiger partial charge in [0, 0.05) is 12.5 Å². The maximum Gasteiger partial charge on any atom is 0.310 e. The number of ether oxygens (including phenoxy) is 3. The molecule has 0 bridgehead atoms. The minimum absolute atomic E-state index is 0.000489. The number of nitrogens with zero attached hydrogens (tertiary/aromatic N) is 1. The lowest BCUT2D eigenvalue weighted by Crippen LogP contribution is -2.51.